The van der Waals surface area contributed by atoms with Gasteiger partial charge in [-0.1, -0.05) is 47.5 Å². The summed E-state index contributed by atoms with van der Waals surface area (Å²) in [5, 5.41) is 0.750. The van der Waals surface area contributed by atoms with Crippen molar-refractivity contribution >= 4 is 46.5 Å². The second-order valence-corrected chi connectivity index (χ2v) is 7.60. The van der Waals surface area contributed by atoms with Gasteiger partial charge in [0, 0.05) is 9.75 Å². The van der Waals surface area contributed by atoms with Gasteiger partial charge < -0.3 is 9.47 Å². The van der Waals surface area contributed by atoms with Crippen LogP contribution in [0.1, 0.15) is 9.75 Å². The van der Waals surface area contributed by atoms with Crippen LogP contribution in [0.25, 0.3) is 0 Å². The second-order valence-electron chi connectivity index (χ2n) is 5.53. The zero-order chi connectivity index (χ0) is 19.2. The quantitative estimate of drug-likeness (QED) is 0.398. The van der Waals surface area contributed by atoms with Crippen molar-refractivity contribution < 1.29 is 19.1 Å². The van der Waals surface area contributed by atoms with E-state index < -0.39 is 11.9 Å². The normalized spacial score (nSPS) is 10.4. The Hall–Kier alpha value is -2.34. The third-order valence-corrected chi connectivity index (χ3v) is 5.19. The van der Waals surface area contributed by atoms with Gasteiger partial charge in [-0.15, -0.1) is 11.3 Å². The number of thiophene rings is 1. The van der Waals surface area contributed by atoms with E-state index in [9.17, 15) is 9.59 Å². The Bertz CT molecular complexity index is 892. The first-order chi connectivity index (χ1) is 13.0. The van der Waals surface area contributed by atoms with E-state index in [0.717, 1.165) is 9.75 Å². The molecule has 0 fully saturated rings. The SMILES string of the molecule is O=C(Cc1ccc(CC(=O)Oc2ccccc2Cl)s1)Oc1ccccc1Cl. The molecule has 0 unspecified atom stereocenters. The Kier molecular flexibility index (Phi) is 6.50. The monoisotopic (exact) mass is 420 g/mol. The molecule has 0 aliphatic carbocycles. The lowest BCUT2D eigenvalue weighted by Gasteiger charge is -2.05. The highest BCUT2D eigenvalue weighted by Gasteiger charge is 2.14. The van der Waals surface area contributed by atoms with Crippen molar-refractivity contribution in [1.82, 2.24) is 0 Å². The first-order valence-corrected chi connectivity index (χ1v) is 9.56. The van der Waals surface area contributed by atoms with Crippen molar-refractivity contribution in [2.24, 2.45) is 0 Å². The number of esters is 2. The van der Waals surface area contributed by atoms with Crippen LogP contribution in [-0.4, -0.2) is 11.9 Å². The van der Waals surface area contributed by atoms with Gasteiger partial charge in [-0.3, -0.25) is 9.59 Å². The molecule has 1 heterocycles. The molecule has 0 aliphatic rings. The highest BCUT2D eigenvalue weighted by Crippen LogP contribution is 2.26. The number of benzene rings is 2. The van der Waals surface area contributed by atoms with Gasteiger partial charge in [0.1, 0.15) is 11.5 Å². The van der Waals surface area contributed by atoms with E-state index in [1.165, 1.54) is 11.3 Å². The first-order valence-electron chi connectivity index (χ1n) is 7.99. The largest absolute Gasteiger partial charge is 0.425 e. The number of ether oxygens (including phenoxy) is 2. The summed E-state index contributed by atoms with van der Waals surface area (Å²) >= 11 is 13.3. The fourth-order valence-corrected chi connectivity index (χ4v) is 3.61. The number of carbonyl (C=O) groups is 2. The number of rotatable bonds is 6. The van der Waals surface area contributed by atoms with Crippen LogP contribution in [0.4, 0.5) is 0 Å². The van der Waals surface area contributed by atoms with Crippen LogP contribution >= 0.6 is 34.5 Å². The van der Waals surface area contributed by atoms with E-state index in [2.05, 4.69) is 0 Å². The molecule has 0 radical (unpaired) electrons. The molecule has 2 aromatic carbocycles. The molecule has 0 saturated carbocycles. The van der Waals surface area contributed by atoms with Crippen LogP contribution in [0.3, 0.4) is 0 Å². The first kappa shape index (κ1) is 19.4. The predicted molar refractivity (Wildman–Crippen MR) is 106 cm³/mol. The molecule has 4 nitrogen and oxygen atoms in total. The summed E-state index contributed by atoms with van der Waals surface area (Å²) < 4.78 is 10.5. The fourth-order valence-electron chi connectivity index (χ4n) is 2.27. The van der Waals surface area contributed by atoms with E-state index in [0.29, 0.717) is 21.5 Å². The van der Waals surface area contributed by atoms with Crippen molar-refractivity contribution in [2.45, 2.75) is 12.8 Å². The number of halogens is 2. The Balaban J connectivity index is 1.55. The molecule has 3 rings (SSSR count). The molecule has 0 saturated heterocycles. The maximum absolute atomic E-state index is 12.1. The van der Waals surface area contributed by atoms with Crippen LogP contribution in [0.2, 0.25) is 10.0 Å². The average molecular weight is 421 g/mol. The smallest absolute Gasteiger partial charge is 0.316 e. The molecule has 138 valence electrons. The third kappa shape index (κ3) is 5.57. The average Bonchev–Trinajstić information content (AvgIpc) is 3.05. The summed E-state index contributed by atoms with van der Waals surface area (Å²) in [5.41, 5.74) is 0. The Morgan fingerprint density at radius 1 is 0.704 bits per heavy atom. The number of hydrogen-bond acceptors (Lipinski definition) is 5. The van der Waals surface area contributed by atoms with Gasteiger partial charge in [0.15, 0.2) is 0 Å². The molecule has 27 heavy (non-hydrogen) atoms. The molecule has 0 bridgehead atoms. The minimum Gasteiger partial charge on any atom is -0.425 e. The van der Waals surface area contributed by atoms with E-state index in [-0.39, 0.29) is 12.8 Å². The van der Waals surface area contributed by atoms with Crippen LogP contribution < -0.4 is 9.47 Å². The van der Waals surface area contributed by atoms with E-state index >= 15 is 0 Å². The zero-order valence-electron chi connectivity index (χ0n) is 14.0. The standard InChI is InChI=1S/C20H14Cl2O4S/c21-15-5-1-3-7-17(15)25-19(23)11-13-9-10-14(27-13)12-20(24)26-18-8-4-2-6-16(18)22/h1-10H,11-12H2. The maximum Gasteiger partial charge on any atom is 0.316 e. The highest BCUT2D eigenvalue weighted by molar-refractivity contribution is 7.12. The van der Waals surface area contributed by atoms with Gasteiger partial charge in [-0.2, -0.15) is 0 Å². The molecule has 0 spiro atoms. The van der Waals surface area contributed by atoms with Gasteiger partial charge in [0.05, 0.1) is 22.9 Å². The predicted octanol–water partition coefficient (Wildman–Crippen LogP) is 5.35. The van der Waals surface area contributed by atoms with Crippen LogP contribution in [-0.2, 0) is 22.4 Å². The Labute approximate surface area is 170 Å². The van der Waals surface area contributed by atoms with Gasteiger partial charge in [-0.05, 0) is 36.4 Å². The lowest BCUT2D eigenvalue weighted by atomic mass is 10.3. The van der Waals surface area contributed by atoms with Crippen LogP contribution in [0.15, 0.2) is 60.7 Å². The maximum atomic E-state index is 12.1. The molecule has 0 amide bonds. The Morgan fingerprint density at radius 3 is 1.52 bits per heavy atom. The van der Waals surface area contributed by atoms with Gasteiger partial charge in [-0.25, -0.2) is 0 Å². The summed E-state index contributed by atoms with van der Waals surface area (Å²) in [6, 6.07) is 17.1. The van der Waals surface area contributed by atoms with E-state index in [1.807, 2.05) is 0 Å². The van der Waals surface area contributed by atoms with Crippen molar-refractivity contribution in [1.29, 1.82) is 0 Å². The summed E-state index contributed by atoms with van der Waals surface area (Å²) in [4.78, 5) is 25.7. The molecule has 0 aliphatic heterocycles. The zero-order valence-corrected chi connectivity index (χ0v) is 16.3. The van der Waals surface area contributed by atoms with Crippen LogP contribution in [0.5, 0.6) is 11.5 Å². The molecular formula is C20H14Cl2O4S. The molecule has 3 aromatic rings. The van der Waals surface area contributed by atoms with Crippen molar-refractivity contribution in [3.8, 4) is 11.5 Å². The van der Waals surface area contributed by atoms with Crippen molar-refractivity contribution in [2.75, 3.05) is 0 Å². The minimum atomic E-state index is -0.421. The lowest BCUT2D eigenvalue weighted by Crippen LogP contribution is -2.11. The number of para-hydroxylation sites is 2. The van der Waals surface area contributed by atoms with Gasteiger partial charge in [0.2, 0.25) is 0 Å². The summed E-state index contributed by atoms with van der Waals surface area (Å²) in [6.07, 6.45) is 0.185. The minimum absolute atomic E-state index is 0.0927. The number of hydrogen-bond donors (Lipinski definition) is 0. The lowest BCUT2D eigenvalue weighted by molar-refractivity contribution is -0.134. The highest BCUT2D eigenvalue weighted by atomic mass is 35.5. The van der Waals surface area contributed by atoms with Gasteiger partial charge in [0.25, 0.3) is 0 Å². The summed E-state index contributed by atoms with van der Waals surface area (Å²) in [7, 11) is 0. The molecular weight excluding hydrogens is 407 g/mol. The topological polar surface area (TPSA) is 52.6 Å². The summed E-state index contributed by atoms with van der Waals surface area (Å²) in [5.74, 6) is -0.196. The fraction of sp³-hybridized carbons (Fsp3) is 0.100. The Morgan fingerprint density at radius 2 is 1.11 bits per heavy atom. The van der Waals surface area contributed by atoms with E-state index in [4.69, 9.17) is 32.7 Å². The molecule has 1 aromatic heterocycles. The number of carbonyl (C=O) groups excluding carboxylic acids is 2. The second kappa shape index (κ2) is 9.04. The van der Waals surface area contributed by atoms with Crippen molar-refractivity contribution in [3.05, 3.63) is 80.5 Å². The van der Waals surface area contributed by atoms with Crippen molar-refractivity contribution in [3.63, 3.8) is 0 Å². The third-order valence-electron chi connectivity index (χ3n) is 3.48. The molecule has 0 atom stereocenters. The van der Waals surface area contributed by atoms with Crippen LogP contribution in [0, 0.1) is 0 Å². The molecule has 7 heteroatoms. The van der Waals surface area contributed by atoms with Gasteiger partial charge >= 0.3 is 11.9 Å². The summed E-state index contributed by atoms with van der Waals surface area (Å²) in [6.45, 7) is 0. The molecule has 0 N–H and O–H groups in total. The van der Waals surface area contributed by atoms with E-state index in [1.54, 1.807) is 60.7 Å².